The van der Waals surface area contributed by atoms with E-state index in [1.807, 2.05) is 0 Å². The maximum Gasteiger partial charge on any atom is 0.305 e. The first-order valence-electron chi connectivity index (χ1n) is 4.06. The summed E-state index contributed by atoms with van der Waals surface area (Å²) in [6.45, 7) is 1.76. The highest BCUT2D eigenvalue weighted by Crippen LogP contribution is 2.47. The molecule has 0 atom stereocenters. The molecule has 0 aromatic rings. The largest absolute Gasteiger partial charge is 0.469 e. The number of carbonyl (C=O) groups is 1. The molecule has 0 N–H and O–H groups in total. The van der Waals surface area contributed by atoms with Crippen LogP contribution in [0.3, 0.4) is 0 Å². The molecule has 0 saturated heterocycles. The highest BCUT2D eigenvalue weighted by molar-refractivity contribution is 9.11. The molecule has 0 saturated carbocycles. The molecule has 2 rings (SSSR count). The molecule has 0 unspecified atom stereocenters. The summed E-state index contributed by atoms with van der Waals surface area (Å²) < 4.78 is 5.56. The Bertz CT molecular complexity index is 294. The molecule has 2 nitrogen and oxygen atoms in total. The molecule has 0 fully saturated rings. The fourth-order valence-electron chi connectivity index (χ4n) is 0.903. The van der Waals surface area contributed by atoms with Crippen molar-refractivity contribution in [3.8, 4) is 11.1 Å². The van der Waals surface area contributed by atoms with Gasteiger partial charge in [-0.2, -0.15) is 0 Å². The van der Waals surface area contributed by atoms with E-state index in [-0.39, 0.29) is 5.97 Å². The molecule has 0 aliphatic heterocycles. The van der Waals surface area contributed by atoms with Gasteiger partial charge in [-0.25, -0.2) is 0 Å². The second kappa shape index (κ2) is 4.42. The first kappa shape index (κ1) is 10.3. The quantitative estimate of drug-likeness (QED) is 0.719. The zero-order valence-electron chi connectivity index (χ0n) is 7.63. The maximum absolute atomic E-state index is 9.96. The van der Waals surface area contributed by atoms with Crippen LogP contribution < -0.4 is 0 Å². The van der Waals surface area contributed by atoms with Crippen LogP contribution in [0.2, 0.25) is 0 Å². The Morgan fingerprint density at radius 1 is 1.46 bits per heavy atom. The molecule has 13 heavy (non-hydrogen) atoms. The van der Waals surface area contributed by atoms with Gasteiger partial charge in [-0.15, -0.1) is 0 Å². The van der Waals surface area contributed by atoms with Crippen molar-refractivity contribution in [1.29, 1.82) is 0 Å². The predicted molar refractivity (Wildman–Crippen MR) is 55.4 cm³/mol. The van der Waals surface area contributed by atoms with Crippen molar-refractivity contribution in [3.05, 3.63) is 22.7 Å². The molecule has 0 aromatic carbocycles. The van der Waals surface area contributed by atoms with Crippen LogP contribution in [-0.2, 0) is 9.53 Å². The van der Waals surface area contributed by atoms with Crippen LogP contribution in [0.15, 0.2) is 22.7 Å². The minimum Gasteiger partial charge on any atom is -0.469 e. The van der Waals surface area contributed by atoms with E-state index in [1.165, 1.54) is 22.7 Å². The summed E-state index contributed by atoms with van der Waals surface area (Å²) in [5, 5.41) is 0. The van der Waals surface area contributed by atoms with Crippen LogP contribution in [0, 0.1) is 0 Å². The fraction of sp³-hybridized carbons (Fsp3) is 0.300. The number of carbonyl (C=O) groups excluding carboxylic acids is 1. The third-order valence-corrected chi connectivity index (χ3v) is 2.60. The monoisotopic (exact) mass is 242 g/mol. The number of halogens is 1. The summed E-state index contributed by atoms with van der Waals surface area (Å²) in [6, 6.07) is 6.29. The summed E-state index contributed by atoms with van der Waals surface area (Å²) in [5.74, 6) is -0.157. The molecule has 70 valence electrons. The van der Waals surface area contributed by atoms with E-state index in [4.69, 9.17) is 0 Å². The molecule has 3 heteroatoms. The SMILES string of the molecule is Brc1c2cccc1-2.CCC(=O)OC. The zero-order chi connectivity index (χ0) is 9.84. The summed E-state index contributed by atoms with van der Waals surface area (Å²) in [7, 11) is 1.38. The first-order chi connectivity index (χ1) is 6.20. The van der Waals surface area contributed by atoms with Gasteiger partial charge in [-0.1, -0.05) is 25.1 Å². The van der Waals surface area contributed by atoms with Crippen molar-refractivity contribution in [3.63, 3.8) is 0 Å². The number of benzene rings is 1. The number of hydrogen-bond acceptors (Lipinski definition) is 2. The van der Waals surface area contributed by atoms with E-state index in [0.29, 0.717) is 6.42 Å². The number of methoxy groups -OCH3 is 1. The van der Waals surface area contributed by atoms with E-state index in [0.717, 1.165) is 0 Å². The lowest BCUT2D eigenvalue weighted by Crippen LogP contribution is -1.94. The molecular weight excluding hydrogens is 232 g/mol. The number of ether oxygens (including phenoxy) is 1. The zero-order valence-corrected chi connectivity index (χ0v) is 9.22. The van der Waals surface area contributed by atoms with E-state index >= 15 is 0 Å². The lowest BCUT2D eigenvalue weighted by molar-refractivity contribution is -0.140. The van der Waals surface area contributed by atoms with Crippen LogP contribution in [0.4, 0.5) is 0 Å². The molecule has 2 aliphatic rings. The number of hydrogen-bond donors (Lipinski definition) is 0. The van der Waals surface area contributed by atoms with Crippen molar-refractivity contribution < 1.29 is 9.53 Å². The van der Waals surface area contributed by atoms with Crippen molar-refractivity contribution in [2.24, 2.45) is 0 Å². The normalized spacial score (nSPS) is 9.77. The lowest BCUT2D eigenvalue weighted by atomic mass is 10.5. The second-order valence-electron chi connectivity index (χ2n) is 2.60. The van der Waals surface area contributed by atoms with Gasteiger partial charge < -0.3 is 4.74 Å². The van der Waals surface area contributed by atoms with Crippen molar-refractivity contribution >= 4 is 21.9 Å². The van der Waals surface area contributed by atoms with Gasteiger partial charge >= 0.3 is 5.97 Å². The van der Waals surface area contributed by atoms with Gasteiger partial charge in [0.1, 0.15) is 0 Å². The van der Waals surface area contributed by atoms with Crippen molar-refractivity contribution in [2.75, 3.05) is 7.11 Å². The molecule has 0 aromatic heterocycles. The highest BCUT2D eigenvalue weighted by atomic mass is 79.9. The molecule has 0 amide bonds. The van der Waals surface area contributed by atoms with Crippen LogP contribution in [0.5, 0.6) is 0 Å². The fourth-order valence-corrected chi connectivity index (χ4v) is 1.50. The minimum atomic E-state index is -0.157. The standard InChI is InChI=1S/C6H3Br.C4H8O2/c7-6-4-2-1-3-5(4)6;1-3-4(5)6-2/h1-3H;3H2,1-2H3. The third kappa shape index (κ3) is 2.56. The Kier molecular flexibility index (Phi) is 3.48. The Morgan fingerprint density at radius 2 is 2.00 bits per heavy atom. The summed E-state index contributed by atoms with van der Waals surface area (Å²) in [6.07, 6.45) is 0.469. The molecule has 0 radical (unpaired) electrons. The van der Waals surface area contributed by atoms with Crippen LogP contribution >= 0.6 is 15.9 Å². The number of fused-ring (bicyclic) bond motifs is 1. The lowest BCUT2D eigenvalue weighted by Gasteiger charge is -1.87. The minimum absolute atomic E-state index is 0.157. The van der Waals surface area contributed by atoms with Gasteiger partial charge in [0.25, 0.3) is 0 Å². The van der Waals surface area contributed by atoms with E-state index in [1.54, 1.807) is 6.92 Å². The van der Waals surface area contributed by atoms with Gasteiger partial charge in [0, 0.05) is 10.9 Å². The van der Waals surface area contributed by atoms with Crippen LogP contribution in [0.25, 0.3) is 11.1 Å². The summed E-state index contributed by atoms with van der Waals surface area (Å²) in [5.41, 5.74) is 2.78. The van der Waals surface area contributed by atoms with E-state index in [9.17, 15) is 4.79 Å². The maximum atomic E-state index is 9.96. The van der Waals surface area contributed by atoms with Crippen LogP contribution in [0.1, 0.15) is 13.3 Å². The average Bonchev–Trinajstić information content (AvgIpc) is 2.63. The van der Waals surface area contributed by atoms with Gasteiger partial charge in [0.15, 0.2) is 0 Å². The van der Waals surface area contributed by atoms with Gasteiger partial charge in [-0.05, 0) is 27.1 Å². The second-order valence-corrected chi connectivity index (χ2v) is 3.39. The van der Waals surface area contributed by atoms with Gasteiger partial charge in [0.2, 0.25) is 0 Å². The number of esters is 1. The number of rotatable bonds is 1. The average molecular weight is 243 g/mol. The Balaban J connectivity index is 0.000000133. The molecule has 0 heterocycles. The predicted octanol–water partition coefficient (Wildman–Crippen LogP) is 3.00. The summed E-state index contributed by atoms with van der Waals surface area (Å²) >= 11 is 3.39. The Morgan fingerprint density at radius 3 is 2.15 bits per heavy atom. The smallest absolute Gasteiger partial charge is 0.305 e. The Hall–Kier alpha value is -0.830. The first-order valence-corrected chi connectivity index (χ1v) is 4.85. The third-order valence-electron chi connectivity index (χ3n) is 1.74. The van der Waals surface area contributed by atoms with Crippen molar-refractivity contribution in [1.82, 2.24) is 0 Å². The van der Waals surface area contributed by atoms with Gasteiger partial charge in [0.05, 0.1) is 7.11 Å². The van der Waals surface area contributed by atoms with E-state index in [2.05, 4.69) is 38.9 Å². The highest BCUT2D eigenvalue weighted by Gasteiger charge is 2.19. The van der Waals surface area contributed by atoms with E-state index < -0.39 is 0 Å². The molecule has 2 aliphatic carbocycles. The topological polar surface area (TPSA) is 26.3 Å². The van der Waals surface area contributed by atoms with Crippen LogP contribution in [-0.4, -0.2) is 13.1 Å². The molecule has 0 spiro atoms. The van der Waals surface area contributed by atoms with Crippen molar-refractivity contribution in [2.45, 2.75) is 13.3 Å². The Labute approximate surface area is 86.0 Å². The molecule has 0 bridgehead atoms. The van der Waals surface area contributed by atoms with Gasteiger partial charge in [-0.3, -0.25) is 4.79 Å². The molecular formula is C10H11BrO2. The summed E-state index contributed by atoms with van der Waals surface area (Å²) in [4.78, 5) is 9.96.